The molecule has 0 aromatic heterocycles. The van der Waals surface area contributed by atoms with E-state index >= 15 is 0 Å². The summed E-state index contributed by atoms with van der Waals surface area (Å²) in [5.41, 5.74) is -0.167. The van der Waals surface area contributed by atoms with Crippen molar-refractivity contribution < 1.29 is 23.8 Å². The molecule has 130 valence electrons. The van der Waals surface area contributed by atoms with E-state index in [1.807, 2.05) is 6.92 Å². The van der Waals surface area contributed by atoms with Gasteiger partial charge in [-0.25, -0.2) is 4.39 Å². The van der Waals surface area contributed by atoms with Crippen LogP contribution in [0.3, 0.4) is 0 Å². The Morgan fingerprint density at radius 3 is 2.80 bits per heavy atom. The fourth-order valence-electron chi connectivity index (χ4n) is 4.43. The number of hydrogen-bond acceptors (Lipinski definition) is 4. The maximum Gasteiger partial charge on any atom is 0.234 e. The van der Waals surface area contributed by atoms with Crippen molar-refractivity contribution in [2.75, 3.05) is 4.90 Å². The van der Waals surface area contributed by atoms with Crippen molar-refractivity contribution in [2.45, 2.75) is 31.1 Å². The molecule has 0 aliphatic carbocycles. The van der Waals surface area contributed by atoms with Gasteiger partial charge in [0.1, 0.15) is 11.4 Å². The number of rotatable bonds is 4. The SMILES string of the molecule is C=C(C)C[C@@H]1N(c2ccccc2F)C(=O)[C@H]2[C@H](C(=O)[O-])[C@@H]3C=C[C@@]12O3. The van der Waals surface area contributed by atoms with Gasteiger partial charge < -0.3 is 19.5 Å². The average Bonchev–Trinajstić information content (AvgIpc) is 3.18. The summed E-state index contributed by atoms with van der Waals surface area (Å²) in [5.74, 6) is -4.29. The van der Waals surface area contributed by atoms with Crippen LogP contribution in [0.2, 0.25) is 0 Å². The van der Waals surface area contributed by atoms with Crippen LogP contribution in [0.5, 0.6) is 0 Å². The zero-order valence-corrected chi connectivity index (χ0v) is 13.6. The Kier molecular flexibility index (Phi) is 3.37. The van der Waals surface area contributed by atoms with E-state index in [1.165, 1.54) is 23.1 Å². The van der Waals surface area contributed by atoms with Crippen LogP contribution in [0.15, 0.2) is 48.6 Å². The van der Waals surface area contributed by atoms with Gasteiger partial charge in [-0.05, 0) is 25.5 Å². The molecule has 0 N–H and O–H groups in total. The van der Waals surface area contributed by atoms with E-state index in [9.17, 15) is 19.1 Å². The summed E-state index contributed by atoms with van der Waals surface area (Å²) in [6.07, 6.45) is 3.12. The maximum absolute atomic E-state index is 14.4. The summed E-state index contributed by atoms with van der Waals surface area (Å²) < 4.78 is 20.4. The highest BCUT2D eigenvalue weighted by Gasteiger charge is 2.70. The first-order valence-corrected chi connectivity index (χ1v) is 8.17. The highest BCUT2D eigenvalue weighted by Crippen LogP contribution is 2.56. The molecular weight excluding hydrogens is 325 g/mol. The number of hydrogen-bond donors (Lipinski definition) is 0. The molecule has 2 saturated heterocycles. The smallest absolute Gasteiger partial charge is 0.234 e. The van der Waals surface area contributed by atoms with Gasteiger partial charge in [0, 0.05) is 11.9 Å². The molecule has 0 radical (unpaired) electrons. The summed E-state index contributed by atoms with van der Waals surface area (Å²) in [5, 5.41) is 11.6. The van der Waals surface area contributed by atoms with E-state index in [4.69, 9.17) is 4.74 Å². The lowest BCUT2D eigenvalue weighted by molar-refractivity contribution is -0.313. The van der Waals surface area contributed by atoms with Gasteiger partial charge in [-0.1, -0.05) is 29.9 Å². The molecule has 0 unspecified atom stereocenters. The highest BCUT2D eigenvalue weighted by molar-refractivity contribution is 6.03. The number of fused-ring (bicyclic) bond motifs is 1. The number of aliphatic carboxylic acids is 1. The molecule has 5 nitrogen and oxygen atoms in total. The number of carbonyl (C=O) groups is 2. The Morgan fingerprint density at radius 2 is 2.16 bits per heavy atom. The molecule has 1 aromatic rings. The Labute approximate surface area is 144 Å². The van der Waals surface area contributed by atoms with Crippen LogP contribution < -0.4 is 10.0 Å². The second kappa shape index (κ2) is 5.26. The zero-order valence-electron chi connectivity index (χ0n) is 13.6. The predicted molar refractivity (Wildman–Crippen MR) is 85.8 cm³/mol. The monoisotopic (exact) mass is 342 g/mol. The normalized spacial score (nSPS) is 35.3. The molecule has 4 rings (SSSR count). The van der Waals surface area contributed by atoms with Crippen molar-refractivity contribution in [1.29, 1.82) is 0 Å². The van der Waals surface area contributed by atoms with Gasteiger partial charge in [0.15, 0.2) is 0 Å². The molecule has 5 atom stereocenters. The van der Waals surface area contributed by atoms with E-state index < -0.39 is 47.3 Å². The van der Waals surface area contributed by atoms with Crippen LogP contribution in [-0.2, 0) is 14.3 Å². The fraction of sp³-hybridized carbons (Fsp3) is 0.368. The van der Waals surface area contributed by atoms with Crippen molar-refractivity contribution in [3.63, 3.8) is 0 Å². The van der Waals surface area contributed by atoms with Gasteiger partial charge in [0.25, 0.3) is 0 Å². The number of carboxylic acid groups (broad SMARTS) is 1. The topological polar surface area (TPSA) is 69.7 Å². The zero-order chi connectivity index (χ0) is 17.9. The third-order valence-electron chi connectivity index (χ3n) is 5.35. The van der Waals surface area contributed by atoms with Gasteiger partial charge in [-0.15, -0.1) is 6.58 Å². The lowest BCUT2D eigenvalue weighted by Crippen LogP contribution is -2.46. The summed E-state index contributed by atoms with van der Waals surface area (Å²) in [6.45, 7) is 5.72. The fourth-order valence-corrected chi connectivity index (χ4v) is 4.43. The Hall–Kier alpha value is -2.47. The molecule has 1 amide bonds. The molecule has 3 aliphatic heterocycles. The largest absolute Gasteiger partial charge is 0.550 e. The third kappa shape index (κ3) is 2.03. The number of halogens is 1. The van der Waals surface area contributed by atoms with Gasteiger partial charge in [-0.2, -0.15) is 0 Å². The van der Waals surface area contributed by atoms with Gasteiger partial charge in [-0.3, -0.25) is 4.79 Å². The van der Waals surface area contributed by atoms with Gasteiger partial charge >= 0.3 is 0 Å². The molecule has 1 aromatic carbocycles. The molecule has 2 bridgehead atoms. The summed E-state index contributed by atoms with van der Waals surface area (Å²) in [4.78, 5) is 26.1. The number of benzene rings is 1. The van der Waals surface area contributed by atoms with Crippen molar-refractivity contribution in [2.24, 2.45) is 11.8 Å². The molecule has 3 heterocycles. The number of anilines is 1. The van der Waals surface area contributed by atoms with Crippen LogP contribution >= 0.6 is 0 Å². The Bertz CT molecular complexity index is 819. The number of carboxylic acids is 1. The van der Waals surface area contributed by atoms with Crippen LogP contribution in [0.4, 0.5) is 10.1 Å². The quantitative estimate of drug-likeness (QED) is 0.771. The van der Waals surface area contributed by atoms with Crippen LogP contribution in [0, 0.1) is 17.7 Å². The minimum Gasteiger partial charge on any atom is -0.550 e. The molecule has 6 heteroatoms. The van der Waals surface area contributed by atoms with Crippen LogP contribution in [0.25, 0.3) is 0 Å². The first kappa shape index (κ1) is 16.0. The van der Waals surface area contributed by atoms with Crippen molar-refractivity contribution in [3.05, 3.63) is 54.4 Å². The molecule has 2 fully saturated rings. The van der Waals surface area contributed by atoms with E-state index in [2.05, 4.69) is 6.58 Å². The molecular formula is C19H17FNO4-. The summed E-state index contributed by atoms with van der Waals surface area (Å²) in [6, 6.07) is 5.42. The number of para-hydroxylation sites is 1. The minimum absolute atomic E-state index is 0.125. The Balaban J connectivity index is 1.87. The van der Waals surface area contributed by atoms with Crippen molar-refractivity contribution in [3.8, 4) is 0 Å². The lowest BCUT2D eigenvalue weighted by Gasteiger charge is -2.33. The predicted octanol–water partition coefficient (Wildman–Crippen LogP) is 1.20. The number of ether oxygens (including phenoxy) is 1. The first-order valence-electron chi connectivity index (χ1n) is 8.17. The van der Waals surface area contributed by atoms with E-state index in [0.29, 0.717) is 6.42 Å². The van der Waals surface area contributed by atoms with E-state index in [1.54, 1.807) is 18.2 Å². The molecule has 0 saturated carbocycles. The lowest BCUT2D eigenvalue weighted by atomic mass is 9.74. The van der Waals surface area contributed by atoms with Gasteiger partial charge in [0.05, 0.1) is 23.8 Å². The first-order chi connectivity index (χ1) is 11.9. The minimum atomic E-state index is -1.32. The van der Waals surface area contributed by atoms with E-state index in [-0.39, 0.29) is 5.69 Å². The van der Waals surface area contributed by atoms with Crippen molar-refractivity contribution >= 4 is 17.6 Å². The second-order valence-electron chi connectivity index (χ2n) is 6.95. The average molecular weight is 342 g/mol. The maximum atomic E-state index is 14.4. The number of carbonyl (C=O) groups excluding carboxylic acids is 2. The molecule has 25 heavy (non-hydrogen) atoms. The highest BCUT2D eigenvalue weighted by atomic mass is 19.1. The molecule has 1 spiro atoms. The standard InChI is InChI=1S/C19H18FNO4/c1-10(2)9-14-19-8-7-13(25-19)15(18(23)24)16(19)17(22)21(14)12-6-4-3-5-11(12)20/h3-8,13-16H,1,9H2,2H3,(H,23,24)/p-1/t13-,14-,15+,16+,19+/m0/s1. The Morgan fingerprint density at radius 1 is 1.44 bits per heavy atom. The number of nitrogens with zero attached hydrogens (tertiary/aromatic N) is 1. The summed E-state index contributed by atoms with van der Waals surface area (Å²) >= 11 is 0. The van der Waals surface area contributed by atoms with E-state index in [0.717, 1.165) is 5.57 Å². The number of amides is 1. The van der Waals surface area contributed by atoms with Crippen molar-refractivity contribution in [1.82, 2.24) is 0 Å². The van der Waals surface area contributed by atoms with Crippen LogP contribution in [0.1, 0.15) is 13.3 Å². The second-order valence-corrected chi connectivity index (χ2v) is 6.95. The third-order valence-corrected chi connectivity index (χ3v) is 5.35. The summed E-state index contributed by atoms with van der Waals surface area (Å²) in [7, 11) is 0. The van der Waals surface area contributed by atoms with Gasteiger partial charge in [0.2, 0.25) is 5.91 Å². The molecule has 3 aliphatic rings. The van der Waals surface area contributed by atoms with Crippen LogP contribution in [-0.4, -0.2) is 29.6 Å².